The van der Waals surface area contributed by atoms with E-state index in [1.807, 2.05) is 13.8 Å². The van der Waals surface area contributed by atoms with E-state index in [0.717, 1.165) is 28.7 Å². The van der Waals surface area contributed by atoms with Crippen LogP contribution in [0.15, 0.2) is 6.07 Å². The summed E-state index contributed by atoms with van der Waals surface area (Å²) in [4.78, 5) is 25.8. The number of carbonyl (C=O) groups is 2. The van der Waals surface area contributed by atoms with Crippen LogP contribution < -0.4 is 5.32 Å². The Morgan fingerprint density at radius 1 is 1.13 bits per heavy atom. The molecule has 1 aromatic rings. The number of benzene rings is 1. The first-order valence-electron chi connectivity index (χ1n) is 8.27. The monoisotopic (exact) mass is 315 g/mol. The number of rotatable bonds is 2. The van der Waals surface area contributed by atoms with Crippen molar-refractivity contribution in [3.05, 3.63) is 33.9 Å². The van der Waals surface area contributed by atoms with Crippen molar-refractivity contribution in [3.8, 4) is 0 Å². The number of hydrogen-bond acceptors (Lipinski definition) is 3. The maximum Gasteiger partial charge on any atom is 0.235 e. The van der Waals surface area contributed by atoms with E-state index in [0.29, 0.717) is 12.8 Å². The van der Waals surface area contributed by atoms with Crippen molar-refractivity contribution < 1.29 is 14.3 Å². The van der Waals surface area contributed by atoms with Gasteiger partial charge in [-0.1, -0.05) is 6.07 Å². The summed E-state index contributed by atoms with van der Waals surface area (Å²) in [6.45, 7) is 8.13. The maximum absolute atomic E-state index is 13.2. The van der Waals surface area contributed by atoms with Crippen molar-refractivity contribution in [3.63, 3.8) is 0 Å². The first-order chi connectivity index (χ1) is 10.8. The lowest BCUT2D eigenvalue weighted by atomic mass is 9.81. The number of methoxy groups -OCH3 is 1. The average molecular weight is 315 g/mol. The van der Waals surface area contributed by atoms with Gasteiger partial charge in [0.2, 0.25) is 5.91 Å². The van der Waals surface area contributed by atoms with Gasteiger partial charge in [-0.05, 0) is 68.4 Å². The Bertz CT molecular complexity index is 694. The van der Waals surface area contributed by atoms with Crippen molar-refractivity contribution in [1.82, 2.24) is 5.32 Å². The molecule has 3 atom stereocenters. The molecule has 2 aliphatic rings. The minimum atomic E-state index is -0.722. The summed E-state index contributed by atoms with van der Waals surface area (Å²) < 4.78 is 5.40. The van der Waals surface area contributed by atoms with Crippen LogP contribution in [0.5, 0.6) is 0 Å². The summed E-state index contributed by atoms with van der Waals surface area (Å²) in [5.74, 6) is -0.803. The quantitative estimate of drug-likeness (QED) is 0.854. The van der Waals surface area contributed by atoms with Gasteiger partial charge < -0.3 is 10.1 Å². The van der Waals surface area contributed by atoms with Gasteiger partial charge in [0.1, 0.15) is 11.5 Å². The predicted molar refractivity (Wildman–Crippen MR) is 88.7 cm³/mol. The van der Waals surface area contributed by atoms with Crippen LogP contribution in [0, 0.1) is 27.7 Å². The van der Waals surface area contributed by atoms with Crippen LogP contribution in [-0.4, -0.2) is 30.4 Å². The average Bonchev–Trinajstić information content (AvgIpc) is 3.02. The van der Waals surface area contributed by atoms with Crippen LogP contribution in [0.1, 0.15) is 53.0 Å². The predicted octanol–water partition coefficient (Wildman–Crippen LogP) is 2.64. The third-order valence-electron chi connectivity index (χ3n) is 5.87. The molecule has 4 heteroatoms. The molecule has 4 nitrogen and oxygen atoms in total. The molecule has 1 saturated heterocycles. The second-order valence-electron chi connectivity index (χ2n) is 7.14. The van der Waals surface area contributed by atoms with E-state index < -0.39 is 11.5 Å². The van der Waals surface area contributed by atoms with E-state index in [1.54, 1.807) is 7.11 Å². The number of hydrogen-bond donors (Lipinski definition) is 1. The Balaban J connectivity index is 2.04. The van der Waals surface area contributed by atoms with Crippen molar-refractivity contribution in [1.29, 1.82) is 0 Å². The largest absolute Gasteiger partial charge is 0.381 e. The molecule has 3 unspecified atom stereocenters. The van der Waals surface area contributed by atoms with Crippen LogP contribution in [0.2, 0.25) is 0 Å². The molecular formula is C19H25NO3. The minimum absolute atomic E-state index is 0.0245. The molecular weight excluding hydrogens is 290 g/mol. The molecule has 1 amide bonds. The first kappa shape index (κ1) is 16.2. The smallest absolute Gasteiger partial charge is 0.235 e. The molecule has 124 valence electrons. The second-order valence-corrected chi connectivity index (χ2v) is 7.14. The van der Waals surface area contributed by atoms with E-state index >= 15 is 0 Å². The van der Waals surface area contributed by atoms with Gasteiger partial charge in [-0.2, -0.15) is 0 Å². The summed E-state index contributed by atoms with van der Waals surface area (Å²) in [5, 5.41) is 3.01. The Morgan fingerprint density at radius 2 is 1.83 bits per heavy atom. The van der Waals surface area contributed by atoms with Crippen molar-refractivity contribution in [2.75, 3.05) is 7.11 Å². The highest BCUT2D eigenvalue weighted by atomic mass is 16.5. The third kappa shape index (κ3) is 2.31. The minimum Gasteiger partial charge on any atom is -0.381 e. The number of aryl methyl sites for hydroxylation is 2. The van der Waals surface area contributed by atoms with Crippen molar-refractivity contribution in [2.45, 2.75) is 64.5 Å². The lowest BCUT2D eigenvalue weighted by Crippen LogP contribution is -2.44. The third-order valence-corrected chi connectivity index (χ3v) is 5.87. The molecule has 1 heterocycles. The fourth-order valence-electron chi connectivity index (χ4n) is 4.31. The van der Waals surface area contributed by atoms with Crippen LogP contribution in [0.25, 0.3) is 0 Å². The number of nitrogens with one attached hydrogen (secondary N) is 1. The first-order valence-corrected chi connectivity index (χ1v) is 8.27. The summed E-state index contributed by atoms with van der Waals surface area (Å²) in [7, 11) is 1.67. The van der Waals surface area contributed by atoms with Gasteiger partial charge in [-0.15, -0.1) is 0 Å². The molecule has 1 saturated carbocycles. The highest BCUT2D eigenvalue weighted by Crippen LogP contribution is 2.43. The summed E-state index contributed by atoms with van der Waals surface area (Å²) in [6, 6.07) is 2.08. The number of carbonyl (C=O) groups excluding carboxylic acids is 2. The zero-order valence-corrected chi connectivity index (χ0v) is 14.6. The lowest BCUT2D eigenvalue weighted by Gasteiger charge is -2.22. The normalized spacial score (nSPS) is 30.3. The van der Waals surface area contributed by atoms with Crippen molar-refractivity contribution in [2.24, 2.45) is 0 Å². The second kappa shape index (κ2) is 5.45. The van der Waals surface area contributed by atoms with Crippen LogP contribution in [0.4, 0.5) is 0 Å². The Kier molecular flexibility index (Phi) is 3.83. The number of Topliss-reactive ketones (excluding diaryl/α,β-unsaturated/α-hetero) is 1. The van der Waals surface area contributed by atoms with E-state index in [2.05, 4.69) is 25.2 Å². The molecule has 1 spiro atoms. The summed E-state index contributed by atoms with van der Waals surface area (Å²) in [5.41, 5.74) is 4.62. The topological polar surface area (TPSA) is 55.4 Å². The molecule has 0 aromatic heterocycles. The van der Waals surface area contributed by atoms with Gasteiger partial charge in [-0.3, -0.25) is 9.59 Å². The van der Waals surface area contributed by atoms with Gasteiger partial charge >= 0.3 is 0 Å². The Morgan fingerprint density at radius 3 is 2.43 bits per heavy atom. The zero-order chi connectivity index (χ0) is 16.9. The Hall–Kier alpha value is -1.68. The molecule has 0 radical (unpaired) electrons. The fraction of sp³-hybridized carbons (Fsp3) is 0.579. The lowest BCUT2D eigenvalue weighted by molar-refractivity contribution is -0.125. The summed E-state index contributed by atoms with van der Waals surface area (Å²) >= 11 is 0. The van der Waals surface area contributed by atoms with Gasteiger partial charge in [0, 0.05) is 13.5 Å². The molecule has 1 aromatic carbocycles. The Labute approximate surface area is 137 Å². The van der Waals surface area contributed by atoms with Crippen LogP contribution >= 0.6 is 0 Å². The van der Waals surface area contributed by atoms with E-state index in [4.69, 9.17) is 4.74 Å². The maximum atomic E-state index is 13.2. The number of ketones is 1. The van der Waals surface area contributed by atoms with Gasteiger partial charge in [0.25, 0.3) is 0 Å². The van der Waals surface area contributed by atoms with Crippen LogP contribution in [0.3, 0.4) is 0 Å². The molecule has 3 rings (SSSR count). The van der Waals surface area contributed by atoms with Gasteiger partial charge in [0.05, 0.1) is 6.10 Å². The molecule has 1 aliphatic carbocycles. The van der Waals surface area contributed by atoms with Crippen LogP contribution in [-0.2, 0) is 14.3 Å². The number of amides is 1. The zero-order valence-electron chi connectivity index (χ0n) is 14.6. The van der Waals surface area contributed by atoms with E-state index in [9.17, 15) is 9.59 Å². The van der Waals surface area contributed by atoms with Gasteiger partial charge in [0.15, 0.2) is 5.78 Å². The van der Waals surface area contributed by atoms with Crippen molar-refractivity contribution >= 4 is 11.7 Å². The highest BCUT2D eigenvalue weighted by molar-refractivity contribution is 6.17. The van der Waals surface area contributed by atoms with E-state index in [1.165, 1.54) is 5.56 Å². The summed E-state index contributed by atoms with van der Waals surface area (Å²) in [6.07, 6.45) is 2.14. The molecule has 1 N–H and O–H groups in total. The van der Waals surface area contributed by atoms with E-state index in [-0.39, 0.29) is 17.8 Å². The SMILES string of the molecule is COC1CCC2(C1)NC(=O)C(c1c(C)cc(C)c(C)c1C)C2=O. The van der Waals surface area contributed by atoms with Gasteiger partial charge in [-0.25, -0.2) is 0 Å². The fourth-order valence-corrected chi connectivity index (χ4v) is 4.31. The molecule has 23 heavy (non-hydrogen) atoms. The standard InChI is InChI=1S/C19H25NO3/c1-10-8-11(2)15(13(4)12(10)3)16-17(21)19(20-18(16)22)7-6-14(9-19)23-5/h8,14,16H,6-7,9H2,1-5H3,(H,20,22). The highest BCUT2D eigenvalue weighted by Gasteiger charge is 2.56. The molecule has 0 bridgehead atoms. The molecule has 1 aliphatic heterocycles. The molecule has 2 fully saturated rings. The number of ether oxygens (including phenoxy) is 1.